The van der Waals surface area contributed by atoms with Gasteiger partial charge in [-0.2, -0.15) is 0 Å². The van der Waals surface area contributed by atoms with Crippen molar-refractivity contribution < 1.29 is 29.0 Å². The minimum atomic E-state index is -1.16. The fourth-order valence-corrected chi connectivity index (χ4v) is 7.97. The molecule has 1 aromatic rings. The monoisotopic (exact) mass is 564 g/mol. The molecule has 3 heterocycles. The molecule has 0 radical (unpaired) electrons. The van der Waals surface area contributed by atoms with Crippen LogP contribution in [0.2, 0.25) is 0 Å². The van der Waals surface area contributed by atoms with Gasteiger partial charge in [0.1, 0.15) is 17.6 Å². The number of aliphatic hydroxyl groups excluding tert-OH is 1. The summed E-state index contributed by atoms with van der Waals surface area (Å²) < 4.78 is 12.4. The second-order valence-electron chi connectivity index (χ2n) is 12.3. The molecule has 5 rings (SSSR count). The van der Waals surface area contributed by atoms with Crippen molar-refractivity contribution in [1.82, 2.24) is 9.80 Å². The average molecular weight is 565 g/mol. The molecule has 1 aromatic carbocycles. The predicted octanol–water partition coefficient (Wildman–Crippen LogP) is 3.82. The lowest BCUT2D eigenvalue weighted by Gasteiger charge is -2.42. The van der Waals surface area contributed by atoms with Crippen LogP contribution in [-0.4, -0.2) is 81.8 Å². The number of carbonyl (C=O) groups excluding carboxylic acids is 3. The van der Waals surface area contributed by atoms with Crippen LogP contribution in [0.25, 0.3) is 0 Å². The number of benzene rings is 1. The summed E-state index contributed by atoms with van der Waals surface area (Å²) in [7, 11) is 0. The molecule has 1 N–H and O–H groups in total. The summed E-state index contributed by atoms with van der Waals surface area (Å²) in [4.78, 5) is 46.3. The van der Waals surface area contributed by atoms with Crippen molar-refractivity contribution in [2.45, 2.75) is 94.0 Å². The van der Waals surface area contributed by atoms with Crippen LogP contribution >= 0.6 is 0 Å². The minimum absolute atomic E-state index is 0.0530. The van der Waals surface area contributed by atoms with Crippen molar-refractivity contribution >= 4 is 17.8 Å². The van der Waals surface area contributed by atoms with Gasteiger partial charge in [0.2, 0.25) is 11.8 Å². The van der Waals surface area contributed by atoms with Crippen molar-refractivity contribution in [2.24, 2.45) is 11.8 Å². The Morgan fingerprint density at radius 2 is 1.90 bits per heavy atom. The van der Waals surface area contributed by atoms with Gasteiger partial charge in [-0.1, -0.05) is 61.7 Å². The molecule has 2 unspecified atom stereocenters. The quantitative estimate of drug-likeness (QED) is 0.236. The van der Waals surface area contributed by atoms with Crippen LogP contribution < -0.4 is 0 Å². The van der Waals surface area contributed by atoms with E-state index in [1.165, 1.54) is 0 Å². The van der Waals surface area contributed by atoms with Gasteiger partial charge in [-0.05, 0) is 51.0 Å². The van der Waals surface area contributed by atoms with Crippen LogP contribution in [0.1, 0.15) is 63.9 Å². The molecule has 1 aliphatic carbocycles. The molecular formula is C33H44N2O6. The van der Waals surface area contributed by atoms with E-state index < -0.39 is 41.1 Å². The zero-order valence-corrected chi connectivity index (χ0v) is 24.2. The largest absolute Gasteiger partial charge is 0.465 e. The number of aliphatic hydroxyl groups is 1. The van der Waals surface area contributed by atoms with Crippen molar-refractivity contribution in [2.75, 3.05) is 19.8 Å². The standard InChI is InChI=1S/C33H44N2O6/c1-4-6-20-40-31(39)27-26-29(37)35(25(22-36)21-23-13-9-7-10-14-23)28(33(26)18-17-32(27,3)41-33)30(38)34(19-5-2)24-15-11-8-12-16-24/h4-5,7,9-10,13-14,24-28,36H,1-2,6,8,11-12,15-22H2,3H3/t25-,26+,27+,28?,32-,33?/m1/s1. The fraction of sp³-hybridized carbons (Fsp3) is 0.606. The normalized spacial score (nSPS) is 31.5. The number of likely N-dealkylation sites (tertiary alicyclic amines) is 1. The van der Waals surface area contributed by atoms with Crippen LogP contribution in [0.4, 0.5) is 0 Å². The Labute approximate surface area is 243 Å². The molecular weight excluding hydrogens is 520 g/mol. The summed E-state index contributed by atoms with van der Waals surface area (Å²) in [6.07, 6.45) is 10.4. The molecule has 6 atom stereocenters. The lowest BCUT2D eigenvalue weighted by Crippen LogP contribution is -2.60. The summed E-state index contributed by atoms with van der Waals surface area (Å²) in [5.74, 6) is -2.64. The second kappa shape index (κ2) is 12.1. The number of ether oxygens (including phenoxy) is 2. The number of nitrogens with zero attached hydrogens (tertiary/aromatic N) is 2. The van der Waals surface area contributed by atoms with E-state index in [2.05, 4.69) is 13.2 Å². The average Bonchev–Trinajstić information content (AvgIpc) is 3.56. The first-order valence-electron chi connectivity index (χ1n) is 15.2. The summed E-state index contributed by atoms with van der Waals surface area (Å²) in [6.45, 7) is 9.72. The molecule has 4 aliphatic rings. The van der Waals surface area contributed by atoms with Crippen LogP contribution in [-0.2, 0) is 30.3 Å². The maximum Gasteiger partial charge on any atom is 0.312 e. The first-order valence-corrected chi connectivity index (χ1v) is 15.2. The molecule has 2 amide bonds. The van der Waals surface area contributed by atoms with Gasteiger partial charge in [0.05, 0.1) is 30.8 Å². The van der Waals surface area contributed by atoms with Crippen LogP contribution in [0.5, 0.6) is 0 Å². The summed E-state index contributed by atoms with van der Waals surface area (Å²) in [6, 6.07) is 8.11. The van der Waals surface area contributed by atoms with Crippen LogP contribution in [0, 0.1) is 11.8 Å². The maximum atomic E-state index is 14.8. The Kier molecular flexibility index (Phi) is 8.71. The molecule has 2 bridgehead atoms. The van der Waals surface area contributed by atoms with Crippen LogP contribution in [0.15, 0.2) is 55.6 Å². The SMILES string of the molecule is C=CCCOC(=O)[C@@H]1[C@H]2C(=O)N([C@@H](CO)Cc3ccccc3)C(C(=O)N(CC=C)C3CCCCC3)C23CC[C@@]1(C)O3. The zero-order valence-electron chi connectivity index (χ0n) is 24.2. The number of hydrogen-bond acceptors (Lipinski definition) is 6. The van der Waals surface area contributed by atoms with Gasteiger partial charge < -0.3 is 24.4 Å². The second-order valence-corrected chi connectivity index (χ2v) is 12.3. The molecule has 8 heteroatoms. The highest BCUT2D eigenvalue weighted by molar-refractivity contribution is 5.99. The predicted molar refractivity (Wildman–Crippen MR) is 155 cm³/mol. The summed E-state index contributed by atoms with van der Waals surface area (Å²) in [5, 5.41) is 10.7. The van der Waals surface area contributed by atoms with E-state index in [1.807, 2.05) is 42.2 Å². The van der Waals surface area contributed by atoms with E-state index in [0.717, 1.165) is 37.7 Å². The molecule has 3 aliphatic heterocycles. The first kappa shape index (κ1) is 29.5. The molecule has 4 fully saturated rings. The van der Waals surface area contributed by atoms with Gasteiger partial charge in [-0.15, -0.1) is 13.2 Å². The first-order chi connectivity index (χ1) is 19.8. The third-order valence-corrected chi connectivity index (χ3v) is 9.81. The number of carbonyl (C=O) groups is 3. The summed E-state index contributed by atoms with van der Waals surface area (Å²) >= 11 is 0. The van der Waals surface area contributed by atoms with E-state index in [0.29, 0.717) is 32.2 Å². The number of hydrogen-bond donors (Lipinski definition) is 1. The number of rotatable bonds is 12. The van der Waals surface area contributed by atoms with Crippen molar-refractivity contribution in [3.8, 4) is 0 Å². The Balaban J connectivity index is 1.56. The molecule has 41 heavy (non-hydrogen) atoms. The van der Waals surface area contributed by atoms with E-state index in [1.54, 1.807) is 17.1 Å². The highest BCUT2D eigenvalue weighted by Crippen LogP contribution is 2.64. The van der Waals surface area contributed by atoms with E-state index in [9.17, 15) is 19.5 Å². The van der Waals surface area contributed by atoms with Crippen molar-refractivity contribution in [3.63, 3.8) is 0 Å². The molecule has 1 spiro atoms. The Morgan fingerprint density at radius 3 is 2.56 bits per heavy atom. The Hall–Kier alpha value is -2.97. The van der Waals surface area contributed by atoms with Crippen molar-refractivity contribution in [1.29, 1.82) is 0 Å². The van der Waals surface area contributed by atoms with Gasteiger partial charge in [0, 0.05) is 12.6 Å². The molecule has 1 saturated carbocycles. The number of esters is 1. The third-order valence-electron chi connectivity index (χ3n) is 9.81. The molecule has 3 saturated heterocycles. The van der Waals surface area contributed by atoms with Gasteiger partial charge in [-0.3, -0.25) is 14.4 Å². The Bertz CT molecular complexity index is 1150. The van der Waals surface area contributed by atoms with Crippen molar-refractivity contribution in [3.05, 3.63) is 61.2 Å². The lowest BCUT2D eigenvalue weighted by atomic mass is 9.66. The maximum absolute atomic E-state index is 14.8. The highest BCUT2D eigenvalue weighted by atomic mass is 16.6. The Morgan fingerprint density at radius 1 is 1.17 bits per heavy atom. The van der Waals surface area contributed by atoms with Gasteiger partial charge in [0.15, 0.2) is 0 Å². The molecule has 0 aromatic heterocycles. The topological polar surface area (TPSA) is 96.4 Å². The number of fused-ring (bicyclic) bond motifs is 1. The van der Waals surface area contributed by atoms with E-state index in [4.69, 9.17) is 9.47 Å². The van der Waals surface area contributed by atoms with E-state index in [-0.39, 0.29) is 31.1 Å². The van der Waals surface area contributed by atoms with Gasteiger partial charge in [0.25, 0.3) is 0 Å². The zero-order chi connectivity index (χ0) is 29.2. The van der Waals surface area contributed by atoms with Gasteiger partial charge >= 0.3 is 5.97 Å². The fourth-order valence-electron chi connectivity index (χ4n) is 7.97. The molecule has 8 nitrogen and oxygen atoms in total. The highest BCUT2D eigenvalue weighted by Gasteiger charge is 2.79. The van der Waals surface area contributed by atoms with Crippen LogP contribution in [0.3, 0.4) is 0 Å². The van der Waals surface area contributed by atoms with Gasteiger partial charge in [-0.25, -0.2) is 0 Å². The smallest absolute Gasteiger partial charge is 0.312 e. The number of amides is 2. The van der Waals surface area contributed by atoms with E-state index >= 15 is 0 Å². The lowest BCUT2D eigenvalue weighted by molar-refractivity contribution is -0.162. The summed E-state index contributed by atoms with van der Waals surface area (Å²) in [5.41, 5.74) is -1.12. The third kappa shape index (κ3) is 5.14. The minimum Gasteiger partial charge on any atom is -0.465 e. The molecule has 222 valence electrons.